The molecule has 1 fully saturated rings. The standard InChI is InChI=1S/C14H17FN2O/c1-10(12-8-16-9-12)14(18)17-7-6-11-4-2-3-5-13(11)15/h2-5,16H,6-9H2,1H3,(H,17,18). The Morgan fingerprint density at radius 2 is 2.11 bits per heavy atom. The van der Waals surface area contributed by atoms with E-state index in [0.29, 0.717) is 18.5 Å². The second-order valence-corrected chi connectivity index (χ2v) is 4.43. The molecule has 1 saturated heterocycles. The molecule has 1 aliphatic rings. The highest BCUT2D eigenvalue weighted by Crippen LogP contribution is 2.09. The van der Waals surface area contributed by atoms with Crippen LogP contribution in [0.15, 0.2) is 35.4 Å². The summed E-state index contributed by atoms with van der Waals surface area (Å²) in [6.07, 6.45) is 0.513. The van der Waals surface area contributed by atoms with Gasteiger partial charge >= 0.3 is 0 Å². The van der Waals surface area contributed by atoms with Gasteiger partial charge in [0.1, 0.15) is 5.82 Å². The van der Waals surface area contributed by atoms with Crippen LogP contribution in [0.4, 0.5) is 4.39 Å². The Bertz CT molecular complexity index is 476. The van der Waals surface area contributed by atoms with Crippen LogP contribution in [-0.2, 0) is 11.2 Å². The molecule has 1 aliphatic heterocycles. The number of amides is 1. The molecule has 96 valence electrons. The molecule has 0 spiro atoms. The summed E-state index contributed by atoms with van der Waals surface area (Å²) in [5.41, 5.74) is 2.56. The number of carbonyl (C=O) groups is 1. The smallest absolute Gasteiger partial charge is 0.246 e. The van der Waals surface area contributed by atoms with Crippen molar-refractivity contribution in [3.63, 3.8) is 0 Å². The van der Waals surface area contributed by atoms with Crippen molar-refractivity contribution >= 4 is 5.91 Å². The first-order valence-electron chi connectivity index (χ1n) is 6.09. The molecule has 0 unspecified atom stereocenters. The van der Waals surface area contributed by atoms with E-state index in [2.05, 4.69) is 10.6 Å². The molecular formula is C14H17FN2O. The number of nitrogens with one attached hydrogen (secondary N) is 2. The minimum Gasteiger partial charge on any atom is -0.352 e. The first-order chi connectivity index (χ1) is 8.68. The van der Waals surface area contributed by atoms with Gasteiger partial charge in [-0.15, -0.1) is 0 Å². The number of halogens is 1. The van der Waals surface area contributed by atoms with Crippen molar-refractivity contribution in [3.05, 3.63) is 46.8 Å². The van der Waals surface area contributed by atoms with E-state index in [1.54, 1.807) is 18.2 Å². The lowest BCUT2D eigenvalue weighted by molar-refractivity contribution is -0.117. The Balaban J connectivity index is 1.82. The average molecular weight is 248 g/mol. The van der Waals surface area contributed by atoms with Crippen LogP contribution in [0.25, 0.3) is 0 Å². The minimum atomic E-state index is -0.218. The molecule has 18 heavy (non-hydrogen) atoms. The Morgan fingerprint density at radius 1 is 1.39 bits per heavy atom. The summed E-state index contributed by atoms with van der Waals surface area (Å²) in [5.74, 6) is -0.271. The molecular weight excluding hydrogens is 231 g/mol. The maximum absolute atomic E-state index is 13.3. The summed E-state index contributed by atoms with van der Waals surface area (Å²) in [6, 6.07) is 6.64. The van der Waals surface area contributed by atoms with Crippen LogP contribution in [-0.4, -0.2) is 25.5 Å². The lowest BCUT2D eigenvalue weighted by Gasteiger charge is -2.21. The molecule has 1 aromatic carbocycles. The normalized spacial score (nSPS) is 14.0. The molecule has 0 saturated carbocycles. The molecule has 2 rings (SSSR count). The molecule has 2 N–H and O–H groups in total. The van der Waals surface area contributed by atoms with Crippen LogP contribution >= 0.6 is 0 Å². The van der Waals surface area contributed by atoms with E-state index in [4.69, 9.17) is 0 Å². The van der Waals surface area contributed by atoms with Gasteiger partial charge in [0.2, 0.25) is 5.91 Å². The van der Waals surface area contributed by atoms with Gasteiger partial charge in [0.15, 0.2) is 0 Å². The quantitative estimate of drug-likeness (QED) is 0.791. The van der Waals surface area contributed by atoms with Crippen molar-refractivity contribution in [2.24, 2.45) is 0 Å². The van der Waals surface area contributed by atoms with Crippen molar-refractivity contribution in [1.82, 2.24) is 10.6 Å². The van der Waals surface area contributed by atoms with Gasteiger partial charge in [0, 0.05) is 25.2 Å². The molecule has 1 aromatic rings. The number of hydrogen-bond donors (Lipinski definition) is 2. The van der Waals surface area contributed by atoms with Crippen LogP contribution in [0.5, 0.6) is 0 Å². The van der Waals surface area contributed by atoms with Crippen LogP contribution in [0.1, 0.15) is 12.5 Å². The van der Waals surface area contributed by atoms with Gasteiger partial charge in [-0.1, -0.05) is 18.2 Å². The minimum absolute atomic E-state index is 0.0529. The van der Waals surface area contributed by atoms with E-state index in [9.17, 15) is 9.18 Å². The zero-order chi connectivity index (χ0) is 13.0. The monoisotopic (exact) mass is 248 g/mol. The molecule has 1 amide bonds. The largest absolute Gasteiger partial charge is 0.352 e. The summed E-state index contributed by atoms with van der Waals surface area (Å²) in [7, 11) is 0. The second kappa shape index (κ2) is 5.78. The zero-order valence-electron chi connectivity index (χ0n) is 10.4. The highest BCUT2D eigenvalue weighted by molar-refractivity contribution is 5.93. The first kappa shape index (κ1) is 12.8. The van der Waals surface area contributed by atoms with Crippen molar-refractivity contribution < 1.29 is 9.18 Å². The fourth-order valence-corrected chi connectivity index (χ4v) is 1.82. The van der Waals surface area contributed by atoms with E-state index in [1.165, 1.54) is 6.07 Å². The van der Waals surface area contributed by atoms with Crippen molar-refractivity contribution in [3.8, 4) is 0 Å². The fourth-order valence-electron chi connectivity index (χ4n) is 1.82. The molecule has 0 radical (unpaired) electrons. The van der Waals surface area contributed by atoms with Crippen LogP contribution in [0.3, 0.4) is 0 Å². The summed E-state index contributed by atoms with van der Waals surface area (Å²) in [6.45, 7) is 3.88. The summed E-state index contributed by atoms with van der Waals surface area (Å²) < 4.78 is 13.3. The van der Waals surface area contributed by atoms with E-state index in [-0.39, 0.29) is 11.7 Å². The Hall–Kier alpha value is -1.68. The molecule has 0 bridgehead atoms. The topological polar surface area (TPSA) is 41.1 Å². The molecule has 3 nitrogen and oxygen atoms in total. The van der Waals surface area contributed by atoms with Gasteiger partial charge in [0.25, 0.3) is 0 Å². The van der Waals surface area contributed by atoms with Crippen LogP contribution in [0, 0.1) is 5.82 Å². The Morgan fingerprint density at radius 3 is 2.72 bits per heavy atom. The molecule has 0 aromatic heterocycles. The summed E-state index contributed by atoms with van der Waals surface area (Å²) in [4.78, 5) is 11.8. The predicted molar refractivity (Wildman–Crippen MR) is 68.7 cm³/mol. The van der Waals surface area contributed by atoms with E-state index in [0.717, 1.165) is 24.2 Å². The van der Waals surface area contributed by atoms with Crippen molar-refractivity contribution in [2.45, 2.75) is 13.3 Å². The lowest BCUT2D eigenvalue weighted by Crippen LogP contribution is -2.38. The SMILES string of the molecule is CC(C(=O)NCCc1ccccc1F)=C1CNC1. The fraction of sp³-hybridized carbons (Fsp3) is 0.357. The lowest BCUT2D eigenvalue weighted by atomic mass is 10.0. The van der Waals surface area contributed by atoms with Crippen molar-refractivity contribution in [1.29, 1.82) is 0 Å². The highest BCUT2D eigenvalue weighted by Gasteiger charge is 2.15. The number of hydrogen-bond acceptors (Lipinski definition) is 2. The zero-order valence-corrected chi connectivity index (χ0v) is 10.4. The molecule has 0 atom stereocenters. The molecule has 0 aliphatic carbocycles. The highest BCUT2D eigenvalue weighted by atomic mass is 19.1. The van der Waals surface area contributed by atoms with Crippen molar-refractivity contribution in [2.75, 3.05) is 19.6 Å². The Kier molecular flexibility index (Phi) is 4.10. The number of benzene rings is 1. The Labute approximate surface area is 106 Å². The van der Waals surface area contributed by atoms with Gasteiger partial charge in [0.05, 0.1) is 0 Å². The molecule has 1 heterocycles. The summed E-state index contributed by atoms with van der Waals surface area (Å²) >= 11 is 0. The summed E-state index contributed by atoms with van der Waals surface area (Å²) in [5, 5.41) is 5.91. The first-order valence-corrected chi connectivity index (χ1v) is 6.09. The van der Waals surface area contributed by atoms with Gasteiger partial charge in [-0.25, -0.2) is 4.39 Å². The third-order valence-electron chi connectivity index (χ3n) is 3.19. The maximum Gasteiger partial charge on any atom is 0.246 e. The van der Waals surface area contributed by atoms with Gasteiger partial charge in [-0.2, -0.15) is 0 Å². The maximum atomic E-state index is 13.3. The average Bonchev–Trinajstić information content (AvgIpc) is 2.29. The second-order valence-electron chi connectivity index (χ2n) is 4.43. The molecule has 4 heteroatoms. The predicted octanol–water partition coefficient (Wildman–Crippen LogP) is 1.40. The number of rotatable bonds is 4. The third-order valence-corrected chi connectivity index (χ3v) is 3.19. The van der Waals surface area contributed by atoms with E-state index in [1.807, 2.05) is 6.92 Å². The van der Waals surface area contributed by atoms with E-state index >= 15 is 0 Å². The van der Waals surface area contributed by atoms with Gasteiger partial charge in [-0.3, -0.25) is 4.79 Å². The van der Waals surface area contributed by atoms with Gasteiger partial charge < -0.3 is 10.6 Å². The van der Waals surface area contributed by atoms with E-state index < -0.39 is 0 Å². The van der Waals surface area contributed by atoms with Crippen LogP contribution in [0.2, 0.25) is 0 Å². The van der Waals surface area contributed by atoms with Gasteiger partial charge in [-0.05, 0) is 30.5 Å². The number of carbonyl (C=O) groups excluding carboxylic acids is 1. The third kappa shape index (κ3) is 2.96. The van der Waals surface area contributed by atoms with Crippen LogP contribution < -0.4 is 10.6 Å².